The van der Waals surface area contributed by atoms with Gasteiger partial charge in [-0.25, -0.2) is 8.78 Å². The lowest BCUT2D eigenvalue weighted by atomic mass is 10.0. The summed E-state index contributed by atoms with van der Waals surface area (Å²) < 4.78 is 25.0. The predicted octanol–water partition coefficient (Wildman–Crippen LogP) is 8.44. The zero-order valence-electron chi connectivity index (χ0n) is 21.4. The van der Waals surface area contributed by atoms with Gasteiger partial charge in [-0.3, -0.25) is 15.0 Å². The summed E-state index contributed by atoms with van der Waals surface area (Å²) in [6, 6.07) is 8.86. The van der Waals surface area contributed by atoms with Gasteiger partial charge in [-0.1, -0.05) is 55.4 Å². The van der Waals surface area contributed by atoms with Crippen molar-refractivity contribution >= 4 is 0 Å². The molecule has 3 heterocycles. The first-order chi connectivity index (χ1) is 15.2. The van der Waals surface area contributed by atoms with Gasteiger partial charge >= 0.3 is 0 Å². The van der Waals surface area contributed by atoms with Gasteiger partial charge in [0.25, 0.3) is 0 Å². The van der Waals surface area contributed by atoms with Crippen molar-refractivity contribution in [2.75, 3.05) is 0 Å². The maximum Gasteiger partial charge on any atom is 0.144 e. The SMILES string of the molecule is CC.CC.CC(C)c1ncccc1F.Cc1cc(C(C)C)ccn1.Cc1ccncc1F. The second-order valence-electron chi connectivity index (χ2n) is 7.04. The third kappa shape index (κ3) is 13.6. The van der Waals surface area contributed by atoms with Gasteiger partial charge in [0.2, 0.25) is 0 Å². The molecule has 0 unspecified atom stereocenters. The molecule has 0 saturated heterocycles. The molecule has 5 heteroatoms. The Morgan fingerprint density at radius 1 is 0.719 bits per heavy atom. The number of halogens is 2. The van der Waals surface area contributed by atoms with E-state index in [2.05, 4.69) is 40.9 Å². The molecule has 0 amide bonds. The number of nitrogens with zero attached hydrogens (tertiary/aromatic N) is 3. The van der Waals surface area contributed by atoms with Crippen molar-refractivity contribution in [3.8, 4) is 0 Å². The summed E-state index contributed by atoms with van der Waals surface area (Å²) >= 11 is 0. The Labute approximate surface area is 194 Å². The molecule has 0 aliphatic carbocycles. The van der Waals surface area contributed by atoms with Crippen LogP contribution in [0.3, 0.4) is 0 Å². The summed E-state index contributed by atoms with van der Waals surface area (Å²) in [7, 11) is 0. The summed E-state index contributed by atoms with van der Waals surface area (Å²) in [6.45, 7) is 19.9. The maximum atomic E-state index is 12.8. The number of hydrogen-bond acceptors (Lipinski definition) is 3. The summed E-state index contributed by atoms with van der Waals surface area (Å²) in [5.74, 6) is 0.327. The number of aromatic nitrogens is 3. The molecule has 0 bridgehead atoms. The van der Waals surface area contributed by atoms with Gasteiger partial charge in [-0.2, -0.15) is 0 Å². The first-order valence-corrected chi connectivity index (χ1v) is 11.3. The van der Waals surface area contributed by atoms with E-state index < -0.39 is 0 Å². The first-order valence-electron chi connectivity index (χ1n) is 11.3. The van der Waals surface area contributed by atoms with Crippen molar-refractivity contribution < 1.29 is 8.78 Å². The minimum atomic E-state index is -0.243. The van der Waals surface area contributed by atoms with Crippen molar-refractivity contribution in [2.24, 2.45) is 0 Å². The lowest BCUT2D eigenvalue weighted by Gasteiger charge is -2.03. The highest BCUT2D eigenvalue weighted by molar-refractivity contribution is 5.18. The number of rotatable bonds is 2. The normalized spacial score (nSPS) is 9.19. The second-order valence-corrected chi connectivity index (χ2v) is 7.04. The molecule has 3 rings (SSSR count). The molecule has 178 valence electrons. The highest BCUT2D eigenvalue weighted by Gasteiger charge is 2.05. The molecule has 0 atom stereocenters. The van der Waals surface area contributed by atoms with E-state index >= 15 is 0 Å². The van der Waals surface area contributed by atoms with E-state index in [-0.39, 0.29) is 17.6 Å². The van der Waals surface area contributed by atoms with Crippen LogP contribution in [-0.2, 0) is 0 Å². The molecule has 32 heavy (non-hydrogen) atoms. The fourth-order valence-electron chi connectivity index (χ4n) is 2.19. The number of hydrogen-bond donors (Lipinski definition) is 0. The van der Waals surface area contributed by atoms with Gasteiger partial charge in [-0.05, 0) is 67.1 Å². The van der Waals surface area contributed by atoms with Crippen LogP contribution in [0, 0.1) is 25.5 Å². The van der Waals surface area contributed by atoms with E-state index in [1.165, 1.54) is 17.8 Å². The number of pyridine rings is 3. The van der Waals surface area contributed by atoms with Gasteiger partial charge in [0.05, 0.1) is 11.9 Å². The van der Waals surface area contributed by atoms with Gasteiger partial charge in [0.1, 0.15) is 11.6 Å². The molecule has 3 aromatic rings. The Hall–Kier alpha value is -2.69. The number of aryl methyl sites for hydroxylation is 2. The molecule has 0 fully saturated rings. The largest absolute Gasteiger partial charge is 0.262 e. The Morgan fingerprint density at radius 2 is 1.34 bits per heavy atom. The molecule has 0 saturated carbocycles. The van der Waals surface area contributed by atoms with Gasteiger partial charge in [0, 0.05) is 24.3 Å². The van der Waals surface area contributed by atoms with E-state index in [0.717, 1.165) is 5.69 Å². The molecule has 0 aromatic carbocycles. The van der Waals surface area contributed by atoms with Crippen molar-refractivity contribution in [3.63, 3.8) is 0 Å². The summed E-state index contributed by atoms with van der Waals surface area (Å²) in [4.78, 5) is 11.6. The third-order valence-electron chi connectivity index (χ3n) is 3.90. The van der Waals surface area contributed by atoms with Crippen molar-refractivity contribution in [1.29, 1.82) is 0 Å². The molecular formula is C27H41F2N3. The van der Waals surface area contributed by atoms with Crippen LogP contribution >= 0.6 is 0 Å². The van der Waals surface area contributed by atoms with Crippen LogP contribution in [0.25, 0.3) is 0 Å². The van der Waals surface area contributed by atoms with Crippen LogP contribution in [0.15, 0.2) is 55.1 Å². The smallest absolute Gasteiger partial charge is 0.144 e. The van der Waals surface area contributed by atoms with Gasteiger partial charge in [0.15, 0.2) is 0 Å². The van der Waals surface area contributed by atoms with Crippen molar-refractivity contribution in [3.05, 3.63) is 89.3 Å². The summed E-state index contributed by atoms with van der Waals surface area (Å²) in [6.07, 6.45) is 6.25. The molecule has 3 nitrogen and oxygen atoms in total. The predicted molar refractivity (Wildman–Crippen MR) is 133 cm³/mol. The zero-order chi connectivity index (χ0) is 25.1. The fraction of sp³-hybridized carbons (Fsp3) is 0.444. The van der Waals surface area contributed by atoms with Crippen molar-refractivity contribution in [2.45, 2.75) is 81.1 Å². The summed E-state index contributed by atoms with van der Waals surface area (Å²) in [5.41, 5.74) is 3.65. The molecule has 0 aliphatic heterocycles. The topological polar surface area (TPSA) is 38.7 Å². The van der Waals surface area contributed by atoms with Crippen LogP contribution in [0.4, 0.5) is 8.78 Å². The fourth-order valence-corrected chi connectivity index (χ4v) is 2.19. The van der Waals surface area contributed by atoms with E-state index in [4.69, 9.17) is 0 Å². The summed E-state index contributed by atoms with van der Waals surface area (Å²) in [5, 5.41) is 0. The van der Waals surface area contributed by atoms with Crippen LogP contribution in [0.2, 0.25) is 0 Å². The maximum absolute atomic E-state index is 12.8. The molecule has 3 aromatic heterocycles. The molecular weight excluding hydrogens is 404 g/mol. The standard InChI is InChI=1S/C9H13N.C8H10FN.C6H6FN.2C2H6/c1-7(2)9-4-5-10-8(3)6-9;1-6(2)8-7(9)4-3-5-10-8;1-5-2-3-8-4-6(5)7;2*1-2/h4-7H,1-3H3;3-6H,1-2H3;2-4H,1H3;2*1-2H3. The van der Waals surface area contributed by atoms with Crippen LogP contribution in [-0.4, -0.2) is 15.0 Å². The highest BCUT2D eigenvalue weighted by atomic mass is 19.1. The van der Waals surface area contributed by atoms with E-state index in [1.54, 1.807) is 31.5 Å². The van der Waals surface area contributed by atoms with Crippen LogP contribution in [0.5, 0.6) is 0 Å². The Bertz CT molecular complexity index is 829. The lowest BCUT2D eigenvalue weighted by Crippen LogP contribution is -1.95. The Balaban J connectivity index is 0. The van der Waals surface area contributed by atoms with Crippen molar-refractivity contribution in [1.82, 2.24) is 15.0 Å². The molecule has 0 radical (unpaired) electrons. The first kappa shape index (κ1) is 31.5. The minimum absolute atomic E-state index is 0.168. The molecule has 0 aliphatic rings. The zero-order valence-corrected chi connectivity index (χ0v) is 21.4. The van der Waals surface area contributed by atoms with Gasteiger partial charge < -0.3 is 0 Å². The molecule has 0 spiro atoms. The Morgan fingerprint density at radius 3 is 1.69 bits per heavy atom. The van der Waals surface area contributed by atoms with Crippen LogP contribution < -0.4 is 0 Å². The van der Waals surface area contributed by atoms with Crippen LogP contribution in [0.1, 0.15) is 89.7 Å². The quantitative estimate of drug-likeness (QED) is 0.397. The van der Waals surface area contributed by atoms with Gasteiger partial charge in [-0.15, -0.1) is 0 Å². The highest BCUT2D eigenvalue weighted by Crippen LogP contribution is 2.14. The Kier molecular flexibility index (Phi) is 18.7. The van der Waals surface area contributed by atoms with E-state index in [1.807, 2.05) is 54.7 Å². The van der Waals surface area contributed by atoms with E-state index in [0.29, 0.717) is 17.2 Å². The molecule has 0 N–H and O–H groups in total. The average molecular weight is 446 g/mol. The third-order valence-corrected chi connectivity index (χ3v) is 3.90. The average Bonchev–Trinajstić information content (AvgIpc) is 2.79. The van der Waals surface area contributed by atoms with E-state index in [9.17, 15) is 8.78 Å². The lowest BCUT2D eigenvalue weighted by molar-refractivity contribution is 0.584. The minimum Gasteiger partial charge on any atom is -0.262 e. The monoisotopic (exact) mass is 445 g/mol. The second kappa shape index (κ2) is 19.0.